The maximum Gasteiger partial charge on any atom is 0.224 e. The van der Waals surface area contributed by atoms with Gasteiger partial charge in [0.25, 0.3) is 0 Å². The van der Waals surface area contributed by atoms with Crippen molar-refractivity contribution in [2.24, 2.45) is 0 Å². The Hall–Kier alpha value is -1.07. The number of unbranched alkanes of at least 4 members (excludes halogenated alkanes) is 3. The second-order valence-corrected chi connectivity index (χ2v) is 4.39. The van der Waals surface area contributed by atoms with Crippen LogP contribution in [-0.2, 0) is 0 Å². The van der Waals surface area contributed by atoms with Crippen molar-refractivity contribution in [3.8, 4) is 0 Å². The van der Waals surface area contributed by atoms with Crippen LogP contribution >= 0.6 is 11.6 Å². The summed E-state index contributed by atoms with van der Waals surface area (Å²) in [5.41, 5.74) is 0. The lowest BCUT2D eigenvalue weighted by Crippen LogP contribution is -2.08. The molecule has 1 aromatic rings. The third kappa shape index (κ3) is 5.51. The Labute approximate surface area is 113 Å². The molecule has 102 valence electrons. The largest absolute Gasteiger partial charge is 0.396 e. The minimum Gasteiger partial charge on any atom is -0.396 e. The standard InChI is InChI=1S/C12H21ClN4O/c1-2-14-12-16-9-10(13)11(17-12)15-7-5-3-4-6-8-18/h9,18H,2-8H2,1H3,(H2,14,15,16,17). The topological polar surface area (TPSA) is 70.1 Å². The van der Waals surface area contributed by atoms with Crippen LogP contribution < -0.4 is 10.6 Å². The van der Waals surface area contributed by atoms with E-state index in [0.29, 0.717) is 16.8 Å². The van der Waals surface area contributed by atoms with Gasteiger partial charge in [-0.3, -0.25) is 0 Å². The molecule has 3 N–H and O–H groups in total. The molecule has 0 aromatic carbocycles. The number of nitrogens with one attached hydrogen (secondary N) is 2. The maximum atomic E-state index is 8.66. The van der Waals surface area contributed by atoms with E-state index in [2.05, 4.69) is 20.6 Å². The lowest BCUT2D eigenvalue weighted by atomic mass is 10.2. The van der Waals surface area contributed by atoms with Gasteiger partial charge < -0.3 is 15.7 Å². The summed E-state index contributed by atoms with van der Waals surface area (Å²) in [6, 6.07) is 0. The van der Waals surface area contributed by atoms with Crippen LogP contribution in [0.15, 0.2) is 6.20 Å². The summed E-state index contributed by atoms with van der Waals surface area (Å²) in [5.74, 6) is 1.26. The average Bonchev–Trinajstić information content (AvgIpc) is 2.37. The Morgan fingerprint density at radius 2 is 2.00 bits per heavy atom. The highest BCUT2D eigenvalue weighted by Crippen LogP contribution is 2.19. The molecule has 0 fully saturated rings. The van der Waals surface area contributed by atoms with E-state index >= 15 is 0 Å². The summed E-state index contributed by atoms with van der Waals surface area (Å²) >= 11 is 6.01. The highest BCUT2D eigenvalue weighted by molar-refractivity contribution is 6.32. The lowest BCUT2D eigenvalue weighted by Gasteiger charge is -2.09. The van der Waals surface area contributed by atoms with Gasteiger partial charge in [0.1, 0.15) is 10.8 Å². The van der Waals surface area contributed by atoms with Crippen LogP contribution in [0.1, 0.15) is 32.6 Å². The first-order valence-electron chi connectivity index (χ1n) is 6.39. The molecule has 5 nitrogen and oxygen atoms in total. The van der Waals surface area contributed by atoms with Crippen molar-refractivity contribution in [1.29, 1.82) is 0 Å². The quantitative estimate of drug-likeness (QED) is 0.603. The molecule has 0 bridgehead atoms. The average molecular weight is 273 g/mol. The van der Waals surface area contributed by atoms with Crippen molar-refractivity contribution >= 4 is 23.4 Å². The summed E-state index contributed by atoms with van der Waals surface area (Å²) in [6.07, 6.45) is 5.66. The molecule has 0 aliphatic carbocycles. The van der Waals surface area contributed by atoms with Gasteiger partial charge in [-0.1, -0.05) is 24.4 Å². The Kier molecular flexibility index (Phi) is 7.44. The summed E-state index contributed by atoms with van der Waals surface area (Å²) in [7, 11) is 0. The van der Waals surface area contributed by atoms with Crippen LogP contribution in [0.25, 0.3) is 0 Å². The molecule has 0 spiro atoms. The Balaban J connectivity index is 2.34. The minimum absolute atomic E-state index is 0.275. The molecule has 1 aromatic heterocycles. The lowest BCUT2D eigenvalue weighted by molar-refractivity contribution is 0.283. The molecule has 1 heterocycles. The number of nitrogens with zero attached hydrogens (tertiary/aromatic N) is 2. The van der Waals surface area contributed by atoms with Crippen LogP contribution in [0.4, 0.5) is 11.8 Å². The Bertz CT molecular complexity index is 349. The van der Waals surface area contributed by atoms with E-state index in [4.69, 9.17) is 16.7 Å². The van der Waals surface area contributed by atoms with E-state index in [1.807, 2.05) is 6.92 Å². The molecule has 0 aliphatic heterocycles. The summed E-state index contributed by atoms with van der Waals surface area (Å²) in [5, 5.41) is 15.4. The summed E-state index contributed by atoms with van der Waals surface area (Å²) in [4.78, 5) is 8.37. The van der Waals surface area contributed by atoms with Crippen molar-refractivity contribution in [3.05, 3.63) is 11.2 Å². The molecule has 0 radical (unpaired) electrons. The number of aliphatic hydroxyl groups is 1. The van der Waals surface area contributed by atoms with Gasteiger partial charge in [0.2, 0.25) is 5.95 Å². The zero-order chi connectivity index (χ0) is 13.2. The fraction of sp³-hybridized carbons (Fsp3) is 0.667. The molecule has 0 saturated carbocycles. The molecule has 0 amide bonds. The first kappa shape index (κ1) is 15.0. The number of hydrogen-bond donors (Lipinski definition) is 3. The molecule has 6 heteroatoms. The van der Waals surface area contributed by atoms with E-state index in [1.165, 1.54) is 0 Å². The zero-order valence-corrected chi connectivity index (χ0v) is 11.5. The predicted octanol–water partition coefficient (Wildman–Crippen LogP) is 2.53. The molecule has 1 rings (SSSR count). The SMILES string of the molecule is CCNc1ncc(Cl)c(NCCCCCCO)n1. The minimum atomic E-state index is 0.275. The van der Waals surface area contributed by atoms with Crippen molar-refractivity contribution < 1.29 is 5.11 Å². The molecule has 18 heavy (non-hydrogen) atoms. The number of aromatic nitrogens is 2. The van der Waals surface area contributed by atoms with E-state index in [0.717, 1.165) is 38.8 Å². The van der Waals surface area contributed by atoms with E-state index < -0.39 is 0 Å². The summed E-state index contributed by atoms with van der Waals surface area (Å²) < 4.78 is 0. The van der Waals surface area contributed by atoms with E-state index in [9.17, 15) is 0 Å². The number of anilines is 2. The number of hydrogen-bond acceptors (Lipinski definition) is 5. The molecule has 0 unspecified atom stereocenters. The van der Waals surface area contributed by atoms with Crippen molar-refractivity contribution in [2.45, 2.75) is 32.6 Å². The van der Waals surface area contributed by atoms with Crippen molar-refractivity contribution in [1.82, 2.24) is 9.97 Å². The highest BCUT2D eigenvalue weighted by Gasteiger charge is 2.03. The van der Waals surface area contributed by atoms with E-state index in [1.54, 1.807) is 6.20 Å². The molecular weight excluding hydrogens is 252 g/mol. The zero-order valence-electron chi connectivity index (χ0n) is 10.7. The third-order valence-corrected chi connectivity index (χ3v) is 2.73. The first-order valence-corrected chi connectivity index (χ1v) is 6.77. The van der Waals surface area contributed by atoms with Crippen LogP contribution in [0.5, 0.6) is 0 Å². The normalized spacial score (nSPS) is 10.4. The fourth-order valence-electron chi connectivity index (χ4n) is 1.53. The van der Waals surface area contributed by atoms with Gasteiger partial charge in [-0.15, -0.1) is 0 Å². The summed E-state index contributed by atoms with van der Waals surface area (Å²) in [6.45, 7) is 3.87. The third-order valence-electron chi connectivity index (χ3n) is 2.46. The van der Waals surface area contributed by atoms with Crippen LogP contribution in [0.2, 0.25) is 5.02 Å². The predicted molar refractivity (Wildman–Crippen MR) is 75.2 cm³/mol. The van der Waals surface area contributed by atoms with E-state index in [-0.39, 0.29) is 6.61 Å². The second-order valence-electron chi connectivity index (χ2n) is 3.99. The Morgan fingerprint density at radius 1 is 1.22 bits per heavy atom. The maximum absolute atomic E-state index is 8.66. The van der Waals surface area contributed by atoms with Gasteiger partial charge in [0.05, 0.1) is 6.20 Å². The smallest absolute Gasteiger partial charge is 0.224 e. The van der Waals surface area contributed by atoms with Crippen molar-refractivity contribution in [2.75, 3.05) is 30.3 Å². The number of aliphatic hydroxyl groups excluding tert-OH is 1. The highest BCUT2D eigenvalue weighted by atomic mass is 35.5. The van der Waals surface area contributed by atoms with Crippen LogP contribution in [0, 0.1) is 0 Å². The molecular formula is C12H21ClN4O. The van der Waals surface area contributed by atoms with Crippen LogP contribution in [0.3, 0.4) is 0 Å². The fourth-order valence-corrected chi connectivity index (χ4v) is 1.69. The van der Waals surface area contributed by atoms with Gasteiger partial charge in [-0.05, 0) is 19.8 Å². The number of rotatable bonds is 9. The second kappa shape index (κ2) is 8.94. The van der Waals surface area contributed by atoms with Gasteiger partial charge in [0, 0.05) is 19.7 Å². The van der Waals surface area contributed by atoms with Gasteiger partial charge >= 0.3 is 0 Å². The Morgan fingerprint density at radius 3 is 2.72 bits per heavy atom. The van der Waals surface area contributed by atoms with Gasteiger partial charge in [0.15, 0.2) is 0 Å². The first-order chi connectivity index (χ1) is 8.77. The molecule has 0 atom stereocenters. The molecule has 0 saturated heterocycles. The van der Waals surface area contributed by atoms with Crippen LogP contribution in [-0.4, -0.2) is 34.8 Å². The monoisotopic (exact) mass is 272 g/mol. The van der Waals surface area contributed by atoms with Gasteiger partial charge in [-0.2, -0.15) is 4.98 Å². The molecule has 0 aliphatic rings. The number of halogens is 1. The van der Waals surface area contributed by atoms with Gasteiger partial charge in [-0.25, -0.2) is 4.98 Å². The van der Waals surface area contributed by atoms with Crippen molar-refractivity contribution in [3.63, 3.8) is 0 Å².